The average molecular weight is 341 g/mol. The second kappa shape index (κ2) is 8.48. The Morgan fingerprint density at radius 3 is 2.88 bits per heavy atom. The molecule has 6 heteroatoms. The molecule has 1 amide bonds. The summed E-state index contributed by atoms with van der Waals surface area (Å²) in [5.41, 5.74) is 2.47. The van der Waals surface area contributed by atoms with Gasteiger partial charge in [0, 0.05) is 32.1 Å². The van der Waals surface area contributed by atoms with Crippen molar-refractivity contribution in [3.05, 3.63) is 53.9 Å². The van der Waals surface area contributed by atoms with Crippen LogP contribution in [0.1, 0.15) is 28.8 Å². The first-order valence-electron chi connectivity index (χ1n) is 8.46. The maximum Gasteiger partial charge on any atom is 0.253 e. The minimum atomic E-state index is -0.129. The molecule has 1 aromatic heterocycles. The third-order valence-corrected chi connectivity index (χ3v) is 4.17. The molecule has 0 bridgehead atoms. The highest BCUT2D eigenvalue weighted by molar-refractivity contribution is 5.94. The summed E-state index contributed by atoms with van der Waals surface area (Å²) in [5.74, 6) is 0.700. The summed E-state index contributed by atoms with van der Waals surface area (Å²) >= 11 is 0. The van der Waals surface area contributed by atoms with Crippen LogP contribution in [0.5, 0.6) is 5.75 Å². The predicted octanol–water partition coefficient (Wildman–Crippen LogP) is 2.61. The second-order valence-corrected chi connectivity index (χ2v) is 6.01. The summed E-state index contributed by atoms with van der Waals surface area (Å²) in [6.07, 6.45) is 5.48. The third-order valence-electron chi connectivity index (χ3n) is 4.17. The number of nitrogens with zero attached hydrogens (tertiary/aromatic N) is 1. The highest BCUT2D eigenvalue weighted by atomic mass is 16.5. The molecular weight excluding hydrogens is 318 g/mol. The number of hydrogen-bond donors (Lipinski definition) is 2. The maximum absolute atomic E-state index is 12.3. The monoisotopic (exact) mass is 341 g/mol. The summed E-state index contributed by atoms with van der Waals surface area (Å²) in [6, 6.07) is 9.64. The van der Waals surface area contributed by atoms with Crippen molar-refractivity contribution < 1.29 is 14.3 Å². The van der Waals surface area contributed by atoms with E-state index in [1.807, 2.05) is 24.3 Å². The summed E-state index contributed by atoms with van der Waals surface area (Å²) in [5, 5.41) is 6.19. The van der Waals surface area contributed by atoms with Crippen molar-refractivity contribution >= 4 is 11.6 Å². The number of anilines is 1. The first kappa shape index (κ1) is 17.2. The van der Waals surface area contributed by atoms with E-state index in [2.05, 4.69) is 15.6 Å². The molecule has 0 radical (unpaired) electrons. The van der Waals surface area contributed by atoms with Crippen molar-refractivity contribution in [1.82, 2.24) is 10.3 Å². The molecule has 1 fully saturated rings. The Labute approximate surface area is 147 Å². The van der Waals surface area contributed by atoms with Gasteiger partial charge in [0.05, 0.1) is 24.5 Å². The van der Waals surface area contributed by atoms with Crippen LogP contribution in [0.2, 0.25) is 0 Å². The van der Waals surface area contributed by atoms with Crippen LogP contribution in [-0.2, 0) is 11.3 Å². The molecule has 25 heavy (non-hydrogen) atoms. The van der Waals surface area contributed by atoms with Gasteiger partial charge in [0.1, 0.15) is 5.75 Å². The summed E-state index contributed by atoms with van der Waals surface area (Å²) in [4.78, 5) is 16.4. The first-order valence-corrected chi connectivity index (χ1v) is 8.46. The molecular formula is C19H23N3O3. The number of carbonyl (C=O) groups excluding carboxylic acids is 1. The number of aromatic nitrogens is 1. The van der Waals surface area contributed by atoms with E-state index in [0.29, 0.717) is 18.7 Å². The van der Waals surface area contributed by atoms with Gasteiger partial charge in [0.15, 0.2) is 0 Å². The average Bonchev–Trinajstić information content (AvgIpc) is 3.19. The highest BCUT2D eigenvalue weighted by Crippen LogP contribution is 2.15. The fraction of sp³-hybridized carbons (Fsp3) is 0.368. The van der Waals surface area contributed by atoms with Crippen LogP contribution in [0, 0.1) is 0 Å². The molecule has 0 saturated carbocycles. The zero-order valence-corrected chi connectivity index (χ0v) is 14.3. The lowest BCUT2D eigenvalue weighted by molar-refractivity contribution is 0.0857. The van der Waals surface area contributed by atoms with Crippen molar-refractivity contribution in [3.63, 3.8) is 0 Å². The van der Waals surface area contributed by atoms with Crippen LogP contribution in [-0.4, -0.2) is 37.3 Å². The van der Waals surface area contributed by atoms with Crippen molar-refractivity contribution in [3.8, 4) is 5.75 Å². The highest BCUT2D eigenvalue weighted by Gasteiger charge is 2.16. The van der Waals surface area contributed by atoms with Crippen LogP contribution in [0.4, 0.5) is 5.69 Å². The standard InChI is InChI=1S/C19H23N3O3/c1-24-17-6-4-14(5-7-17)10-21-16-9-15(11-20-12-16)19(23)22-13-18-3-2-8-25-18/h4-7,9,11-12,18,21H,2-3,8,10,13H2,1H3,(H,22,23). The number of nitrogens with one attached hydrogen (secondary N) is 2. The van der Waals surface area contributed by atoms with Gasteiger partial charge in [0.2, 0.25) is 0 Å². The minimum Gasteiger partial charge on any atom is -0.497 e. The van der Waals surface area contributed by atoms with E-state index in [0.717, 1.165) is 36.4 Å². The van der Waals surface area contributed by atoms with Gasteiger partial charge < -0.3 is 20.1 Å². The Kier molecular flexibility index (Phi) is 5.85. The van der Waals surface area contributed by atoms with Crippen LogP contribution in [0.25, 0.3) is 0 Å². The SMILES string of the molecule is COc1ccc(CNc2cncc(C(=O)NCC3CCCO3)c2)cc1. The van der Waals surface area contributed by atoms with E-state index in [1.165, 1.54) is 0 Å². The molecule has 1 aliphatic rings. The zero-order chi connectivity index (χ0) is 17.5. The Hall–Kier alpha value is -2.60. The molecule has 2 heterocycles. The molecule has 2 N–H and O–H groups in total. The topological polar surface area (TPSA) is 72.5 Å². The van der Waals surface area contributed by atoms with Gasteiger partial charge in [-0.05, 0) is 36.6 Å². The number of pyridine rings is 1. The Morgan fingerprint density at radius 2 is 2.16 bits per heavy atom. The van der Waals surface area contributed by atoms with E-state index >= 15 is 0 Å². The van der Waals surface area contributed by atoms with Crippen molar-refractivity contribution in [1.29, 1.82) is 0 Å². The molecule has 0 aliphatic carbocycles. The lowest BCUT2D eigenvalue weighted by Gasteiger charge is -2.12. The van der Waals surface area contributed by atoms with Crippen LogP contribution in [0.3, 0.4) is 0 Å². The molecule has 0 spiro atoms. The lowest BCUT2D eigenvalue weighted by Crippen LogP contribution is -2.31. The Morgan fingerprint density at radius 1 is 1.32 bits per heavy atom. The van der Waals surface area contributed by atoms with Crippen LogP contribution >= 0.6 is 0 Å². The quantitative estimate of drug-likeness (QED) is 0.810. The third kappa shape index (κ3) is 4.93. The molecule has 3 rings (SSSR count). The van der Waals surface area contributed by atoms with Gasteiger partial charge in [-0.1, -0.05) is 12.1 Å². The van der Waals surface area contributed by atoms with E-state index in [-0.39, 0.29) is 12.0 Å². The molecule has 132 valence electrons. The summed E-state index contributed by atoms with van der Waals surface area (Å²) in [7, 11) is 1.65. The lowest BCUT2D eigenvalue weighted by atomic mass is 10.2. The first-order chi connectivity index (χ1) is 12.2. The zero-order valence-electron chi connectivity index (χ0n) is 14.3. The van der Waals surface area contributed by atoms with Gasteiger partial charge >= 0.3 is 0 Å². The molecule has 1 saturated heterocycles. The molecule has 1 unspecified atom stereocenters. The van der Waals surface area contributed by atoms with E-state index in [1.54, 1.807) is 25.6 Å². The molecule has 2 aromatic rings. The fourth-order valence-corrected chi connectivity index (χ4v) is 2.72. The minimum absolute atomic E-state index is 0.129. The largest absolute Gasteiger partial charge is 0.497 e. The normalized spacial score (nSPS) is 16.4. The Bertz CT molecular complexity index is 697. The fourth-order valence-electron chi connectivity index (χ4n) is 2.72. The van der Waals surface area contributed by atoms with Crippen molar-refractivity contribution in [2.75, 3.05) is 25.6 Å². The Balaban J connectivity index is 1.53. The summed E-state index contributed by atoms with van der Waals surface area (Å²) in [6.45, 7) is 1.97. The van der Waals surface area contributed by atoms with Crippen molar-refractivity contribution in [2.45, 2.75) is 25.5 Å². The number of ether oxygens (including phenoxy) is 2. The van der Waals surface area contributed by atoms with Crippen LogP contribution < -0.4 is 15.4 Å². The predicted molar refractivity (Wildman–Crippen MR) is 95.9 cm³/mol. The maximum atomic E-state index is 12.3. The molecule has 1 aromatic carbocycles. The number of benzene rings is 1. The van der Waals surface area contributed by atoms with Gasteiger partial charge in [-0.3, -0.25) is 9.78 Å². The van der Waals surface area contributed by atoms with Gasteiger partial charge in [-0.2, -0.15) is 0 Å². The number of rotatable bonds is 7. The van der Waals surface area contributed by atoms with E-state index < -0.39 is 0 Å². The molecule has 1 aliphatic heterocycles. The number of methoxy groups -OCH3 is 1. The van der Waals surface area contributed by atoms with E-state index in [9.17, 15) is 4.79 Å². The van der Waals surface area contributed by atoms with Crippen LogP contribution in [0.15, 0.2) is 42.7 Å². The van der Waals surface area contributed by atoms with E-state index in [4.69, 9.17) is 9.47 Å². The number of hydrogen-bond acceptors (Lipinski definition) is 5. The van der Waals surface area contributed by atoms with Crippen molar-refractivity contribution in [2.24, 2.45) is 0 Å². The van der Waals surface area contributed by atoms with Gasteiger partial charge in [-0.25, -0.2) is 0 Å². The smallest absolute Gasteiger partial charge is 0.253 e. The number of amides is 1. The van der Waals surface area contributed by atoms with Gasteiger partial charge in [0.25, 0.3) is 5.91 Å². The molecule has 6 nitrogen and oxygen atoms in total. The van der Waals surface area contributed by atoms with Gasteiger partial charge in [-0.15, -0.1) is 0 Å². The summed E-state index contributed by atoms with van der Waals surface area (Å²) < 4.78 is 10.7. The number of carbonyl (C=O) groups is 1. The second-order valence-electron chi connectivity index (χ2n) is 6.01. The molecule has 1 atom stereocenters.